The summed E-state index contributed by atoms with van der Waals surface area (Å²) in [6, 6.07) is 32.4. The van der Waals surface area contributed by atoms with Crippen molar-refractivity contribution in [3.63, 3.8) is 0 Å². The summed E-state index contributed by atoms with van der Waals surface area (Å²) in [5, 5.41) is 5.58. The van der Waals surface area contributed by atoms with Crippen LogP contribution < -0.4 is 15.1 Å². The molecule has 0 radical (unpaired) electrons. The molecule has 8 heteroatoms. The first-order valence-electron chi connectivity index (χ1n) is 16.9. The fourth-order valence-corrected chi connectivity index (χ4v) is 6.95. The number of pyridine rings is 2. The zero-order chi connectivity index (χ0) is 32.2. The Hall–Kier alpha value is -4.17. The van der Waals surface area contributed by atoms with Crippen LogP contribution in [0.15, 0.2) is 97.2 Å². The fourth-order valence-electron chi connectivity index (χ4n) is 6.79. The van der Waals surface area contributed by atoms with E-state index >= 15 is 0 Å². The Kier molecular flexibility index (Phi) is 9.56. The maximum Gasteiger partial charge on any atom is 0.131 e. The number of likely N-dealkylation sites (N-methyl/N-ethyl adjacent to an activating group) is 1. The van der Waals surface area contributed by atoms with E-state index in [0.717, 1.165) is 93.7 Å². The van der Waals surface area contributed by atoms with Crippen LogP contribution in [0.3, 0.4) is 0 Å². The van der Waals surface area contributed by atoms with Crippen molar-refractivity contribution in [2.45, 2.75) is 26.4 Å². The highest BCUT2D eigenvalue weighted by molar-refractivity contribution is 6.31. The minimum absolute atomic E-state index is 0.00625. The topological polar surface area (TPSA) is 50.8 Å². The second-order valence-corrected chi connectivity index (χ2v) is 13.2. The Labute approximate surface area is 283 Å². The minimum atomic E-state index is -0.00625. The van der Waals surface area contributed by atoms with E-state index in [0.29, 0.717) is 5.02 Å². The van der Waals surface area contributed by atoms with Crippen molar-refractivity contribution in [1.29, 1.82) is 0 Å². The van der Waals surface area contributed by atoms with Gasteiger partial charge in [0.25, 0.3) is 0 Å². The second kappa shape index (κ2) is 14.3. The van der Waals surface area contributed by atoms with Crippen LogP contribution in [0.5, 0.6) is 0 Å². The summed E-state index contributed by atoms with van der Waals surface area (Å²) in [4.78, 5) is 19.6. The molecule has 3 aromatic carbocycles. The van der Waals surface area contributed by atoms with Crippen LogP contribution in [-0.2, 0) is 6.54 Å². The molecule has 0 amide bonds. The minimum Gasteiger partial charge on any atom is -0.374 e. The summed E-state index contributed by atoms with van der Waals surface area (Å²) in [5.41, 5.74) is 6.96. The Morgan fingerprint density at radius 1 is 0.723 bits per heavy atom. The molecule has 2 aliphatic rings. The van der Waals surface area contributed by atoms with E-state index in [2.05, 4.69) is 110 Å². The lowest BCUT2D eigenvalue weighted by atomic mass is 9.96. The van der Waals surface area contributed by atoms with Crippen molar-refractivity contribution in [1.82, 2.24) is 19.8 Å². The molecule has 5 aromatic rings. The Morgan fingerprint density at radius 3 is 1.98 bits per heavy atom. The van der Waals surface area contributed by atoms with Crippen LogP contribution >= 0.6 is 11.6 Å². The van der Waals surface area contributed by atoms with Crippen LogP contribution in [-0.4, -0.2) is 78.7 Å². The molecular weight excluding hydrogens is 602 g/mol. The van der Waals surface area contributed by atoms with Crippen molar-refractivity contribution in [3.05, 3.63) is 124 Å². The molecule has 7 rings (SSSR count). The first-order chi connectivity index (χ1) is 23.0. The van der Waals surface area contributed by atoms with Gasteiger partial charge in [0.05, 0.1) is 11.6 Å². The van der Waals surface area contributed by atoms with Gasteiger partial charge in [-0.15, -0.1) is 0 Å². The lowest BCUT2D eigenvalue weighted by Gasteiger charge is -2.37. The molecule has 0 spiro atoms. The number of hydrogen-bond acceptors (Lipinski definition) is 7. The fraction of sp³-hybridized carbons (Fsp3) is 0.333. The number of rotatable bonds is 9. The Morgan fingerprint density at radius 2 is 1.34 bits per heavy atom. The van der Waals surface area contributed by atoms with Gasteiger partial charge in [0, 0.05) is 81.2 Å². The zero-order valence-electron chi connectivity index (χ0n) is 27.4. The van der Waals surface area contributed by atoms with Crippen LogP contribution in [0.1, 0.15) is 35.2 Å². The molecule has 2 aliphatic heterocycles. The highest BCUT2D eigenvalue weighted by Crippen LogP contribution is 2.32. The van der Waals surface area contributed by atoms with Crippen LogP contribution in [0.2, 0.25) is 5.02 Å². The summed E-state index contributed by atoms with van der Waals surface area (Å²) >= 11 is 6.27. The maximum absolute atomic E-state index is 6.27. The zero-order valence-corrected chi connectivity index (χ0v) is 28.2. The van der Waals surface area contributed by atoms with Gasteiger partial charge in [0.15, 0.2) is 0 Å². The van der Waals surface area contributed by atoms with Crippen molar-refractivity contribution in [3.8, 4) is 0 Å². The van der Waals surface area contributed by atoms with E-state index in [1.54, 1.807) is 0 Å². The number of nitrogens with one attached hydrogen (secondary N) is 1. The molecule has 1 N–H and O–H groups in total. The van der Waals surface area contributed by atoms with Crippen molar-refractivity contribution >= 4 is 39.8 Å². The summed E-state index contributed by atoms with van der Waals surface area (Å²) in [6.07, 6.45) is 1.84. The van der Waals surface area contributed by atoms with Gasteiger partial charge in [0.1, 0.15) is 11.6 Å². The van der Waals surface area contributed by atoms with Crippen molar-refractivity contribution in [2.24, 2.45) is 0 Å². The van der Waals surface area contributed by atoms with E-state index in [1.807, 2.05) is 30.5 Å². The molecule has 0 aliphatic carbocycles. The van der Waals surface area contributed by atoms with Gasteiger partial charge < -0.3 is 20.0 Å². The SMILES string of the molecule is CCN1CCN(c2cccc(N3CCN(Cc4ccc(C(Nc5ccnc6cc(Cl)ccc56)c5ccc(C)cc5)cc4)CC3)n2)CC1. The number of halogens is 1. The number of hydrogen-bond donors (Lipinski definition) is 1. The predicted molar refractivity (Wildman–Crippen MR) is 196 cm³/mol. The van der Waals surface area contributed by atoms with Gasteiger partial charge in [-0.05, 0) is 66.6 Å². The van der Waals surface area contributed by atoms with Crippen LogP contribution in [0.4, 0.5) is 17.3 Å². The Bertz CT molecular complexity index is 1780. The number of piperazine rings is 2. The third-order valence-corrected chi connectivity index (χ3v) is 9.93. The molecule has 4 heterocycles. The van der Waals surface area contributed by atoms with E-state index in [4.69, 9.17) is 16.6 Å². The molecule has 2 fully saturated rings. The molecule has 1 atom stereocenters. The van der Waals surface area contributed by atoms with Gasteiger partial charge in [-0.3, -0.25) is 9.88 Å². The quantitative estimate of drug-likeness (QED) is 0.181. The van der Waals surface area contributed by atoms with Gasteiger partial charge in [0.2, 0.25) is 0 Å². The summed E-state index contributed by atoms with van der Waals surface area (Å²) < 4.78 is 0. The van der Waals surface area contributed by atoms with Gasteiger partial charge in [-0.25, -0.2) is 4.98 Å². The van der Waals surface area contributed by atoms with E-state index in [-0.39, 0.29) is 6.04 Å². The van der Waals surface area contributed by atoms with Crippen molar-refractivity contribution in [2.75, 3.05) is 74.0 Å². The lowest BCUT2D eigenvalue weighted by Crippen LogP contribution is -2.47. The first kappa shape index (κ1) is 31.4. The van der Waals surface area contributed by atoms with Gasteiger partial charge >= 0.3 is 0 Å². The average molecular weight is 646 g/mol. The first-order valence-corrected chi connectivity index (χ1v) is 17.3. The maximum atomic E-state index is 6.27. The summed E-state index contributed by atoms with van der Waals surface area (Å²) in [7, 11) is 0. The van der Waals surface area contributed by atoms with Crippen molar-refractivity contribution < 1.29 is 0 Å². The number of benzene rings is 3. The molecule has 47 heavy (non-hydrogen) atoms. The second-order valence-electron chi connectivity index (χ2n) is 12.8. The highest BCUT2D eigenvalue weighted by Gasteiger charge is 2.22. The van der Waals surface area contributed by atoms with Gasteiger partial charge in [-0.1, -0.05) is 78.7 Å². The lowest BCUT2D eigenvalue weighted by molar-refractivity contribution is 0.249. The van der Waals surface area contributed by atoms with E-state index < -0.39 is 0 Å². The molecule has 2 aromatic heterocycles. The number of anilines is 3. The van der Waals surface area contributed by atoms with E-state index in [9.17, 15) is 0 Å². The highest BCUT2D eigenvalue weighted by atomic mass is 35.5. The number of nitrogens with zero attached hydrogens (tertiary/aromatic N) is 6. The molecule has 0 saturated carbocycles. The standard InChI is InChI=1S/C39H44ClN7/c1-3-44-19-23-46(24-20-44)37-5-4-6-38(43-37)47-25-21-45(22-26-47)28-30-9-13-32(14-10-30)39(31-11-7-29(2)8-12-31)42-35-17-18-41-36-27-33(40)15-16-34(35)36/h4-18,27,39H,3,19-26,28H2,1-2H3,(H,41,42). The molecule has 0 bridgehead atoms. The third kappa shape index (κ3) is 7.38. The predicted octanol–water partition coefficient (Wildman–Crippen LogP) is 7.26. The summed E-state index contributed by atoms with van der Waals surface area (Å²) in [5.74, 6) is 2.21. The van der Waals surface area contributed by atoms with Gasteiger partial charge in [-0.2, -0.15) is 0 Å². The number of aromatic nitrogens is 2. The number of aryl methyl sites for hydroxylation is 1. The average Bonchev–Trinajstić information content (AvgIpc) is 3.12. The number of fused-ring (bicyclic) bond motifs is 1. The third-order valence-electron chi connectivity index (χ3n) is 9.69. The van der Waals surface area contributed by atoms with Crippen LogP contribution in [0.25, 0.3) is 10.9 Å². The largest absolute Gasteiger partial charge is 0.374 e. The summed E-state index contributed by atoms with van der Waals surface area (Å²) in [6.45, 7) is 14.8. The molecule has 242 valence electrons. The molecule has 7 nitrogen and oxygen atoms in total. The molecular formula is C39H44ClN7. The monoisotopic (exact) mass is 645 g/mol. The Balaban J connectivity index is 1.01. The molecule has 2 saturated heterocycles. The van der Waals surface area contributed by atoms with E-state index in [1.165, 1.54) is 22.3 Å². The van der Waals surface area contributed by atoms with Crippen LogP contribution in [0, 0.1) is 6.92 Å². The smallest absolute Gasteiger partial charge is 0.131 e. The molecule has 1 unspecified atom stereocenters. The normalized spacial score (nSPS) is 16.8.